The molecule has 0 spiro atoms. The number of anilines is 1. The Kier molecular flexibility index (Phi) is 6.42. The molecule has 2 aromatic carbocycles. The SMILES string of the molecule is CCCCc1ccc(NC(=O)N/C=C/c2ccc(C)cc2)cc1. The number of unbranched alkanes of at least 4 members (excludes halogenated alkanes) is 1. The fourth-order valence-electron chi connectivity index (χ4n) is 2.19. The van der Waals surface area contributed by atoms with Crippen LogP contribution < -0.4 is 10.6 Å². The number of amides is 2. The average Bonchev–Trinajstić information content (AvgIpc) is 2.56. The number of urea groups is 1. The molecule has 0 saturated carbocycles. The van der Waals surface area contributed by atoms with Crippen LogP contribution in [0.3, 0.4) is 0 Å². The maximum atomic E-state index is 11.8. The van der Waals surface area contributed by atoms with E-state index in [4.69, 9.17) is 0 Å². The van der Waals surface area contributed by atoms with Gasteiger partial charge in [0.15, 0.2) is 0 Å². The standard InChI is InChI=1S/C20H24N2O/c1-3-4-5-17-10-12-19(13-11-17)22-20(23)21-15-14-18-8-6-16(2)7-9-18/h6-15H,3-5H2,1-2H3,(H2,21,22,23)/b15-14+. The molecular formula is C20H24N2O. The molecule has 0 aliphatic carbocycles. The molecule has 2 N–H and O–H groups in total. The summed E-state index contributed by atoms with van der Waals surface area (Å²) in [6, 6.07) is 15.9. The zero-order valence-corrected chi connectivity index (χ0v) is 13.8. The second-order valence-electron chi connectivity index (χ2n) is 5.64. The zero-order chi connectivity index (χ0) is 16.5. The summed E-state index contributed by atoms with van der Waals surface area (Å²) in [5, 5.41) is 5.53. The van der Waals surface area contributed by atoms with Crippen molar-refractivity contribution in [3.63, 3.8) is 0 Å². The Morgan fingerprint density at radius 1 is 1.04 bits per heavy atom. The predicted molar refractivity (Wildman–Crippen MR) is 97.4 cm³/mol. The molecule has 0 heterocycles. The van der Waals surface area contributed by atoms with E-state index in [-0.39, 0.29) is 6.03 Å². The third-order valence-corrected chi connectivity index (χ3v) is 3.60. The van der Waals surface area contributed by atoms with Crippen LogP contribution >= 0.6 is 0 Å². The topological polar surface area (TPSA) is 41.1 Å². The van der Waals surface area contributed by atoms with Gasteiger partial charge in [-0.1, -0.05) is 55.3 Å². The summed E-state index contributed by atoms with van der Waals surface area (Å²) < 4.78 is 0. The van der Waals surface area contributed by atoms with Gasteiger partial charge in [-0.3, -0.25) is 0 Å². The molecule has 3 heteroatoms. The summed E-state index contributed by atoms with van der Waals surface area (Å²) in [7, 11) is 0. The van der Waals surface area contributed by atoms with E-state index in [9.17, 15) is 4.79 Å². The molecule has 3 nitrogen and oxygen atoms in total. The summed E-state index contributed by atoms with van der Waals surface area (Å²) >= 11 is 0. The second-order valence-corrected chi connectivity index (χ2v) is 5.64. The molecule has 2 rings (SSSR count). The monoisotopic (exact) mass is 308 g/mol. The van der Waals surface area contributed by atoms with Crippen molar-refractivity contribution in [1.82, 2.24) is 5.32 Å². The molecule has 0 bridgehead atoms. The number of hydrogen-bond donors (Lipinski definition) is 2. The van der Waals surface area contributed by atoms with Gasteiger partial charge in [0.2, 0.25) is 0 Å². The molecule has 0 unspecified atom stereocenters. The van der Waals surface area contributed by atoms with Crippen molar-refractivity contribution in [2.45, 2.75) is 33.1 Å². The molecular weight excluding hydrogens is 284 g/mol. The lowest BCUT2D eigenvalue weighted by Gasteiger charge is -2.06. The summed E-state index contributed by atoms with van der Waals surface area (Å²) in [5.41, 5.74) is 4.37. The highest BCUT2D eigenvalue weighted by molar-refractivity contribution is 5.90. The Hall–Kier alpha value is -2.55. The van der Waals surface area contributed by atoms with Gasteiger partial charge in [-0.15, -0.1) is 0 Å². The normalized spacial score (nSPS) is 10.7. The van der Waals surface area contributed by atoms with Crippen LogP contribution in [0.25, 0.3) is 6.08 Å². The summed E-state index contributed by atoms with van der Waals surface area (Å²) in [5.74, 6) is 0. The number of nitrogens with one attached hydrogen (secondary N) is 2. The van der Waals surface area contributed by atoms with Crippen molar-refractivity contribution in [3.8, 4) is 0 Å². The Morgan fingerprint density at radius 2 is 1.74 bits per heavy atom. The van der Waals surface area contributed by atoms with E-state index in [2.05, 4.69) is 29.7 Å². The molecule has 2 amide bonds. The second kappa shape index (κ2) is 8.79. The van der Waals surface area contributed by atoms with Crippen molar-refractivity contribution in [2.75, 3.05) is 5.32 Å². The first-order valence-corrected chi connectivity index (χ1v) is 8.07. The lowest BCUT2D eigenvalue weighted by molar-refractivity contribution is 0.255. The first kappa shape index (κ1) is 16.8. The van der Waals surface area contributed by atoms with E-state index in [1.54, 1.807) is 6.20 Å². The minimum atomic E-state index is -0.241. The Morgan fingerprint density at radius 3 is 2.39 bits per heavy atom. The van der Waals surface area contributed by atoms with E-state index in [1.807, 2.05) is 49.4 Å². The highest BCUT2D eigenvalue weighted by atomic mass is 16.2. The minimum absolute atomic E-state index is 0.241. The highest BCUT2D eigenvalue weighted by Gasteiger charge is 1.99. The first-order chi connectivity index (χ1) is 11.2. The van der Waals surface area contributed by atoms with Gasteiger partial charge in [-0.25, -0.2) is 4.79 Å². The molecule has 0 aliphatic heterocycles. The molecule has 0 saturated heterocycles. The fraction of sp³-hybridized carbons (Fsp3) is 0.250. The summed E-state index contributed by atoms with van der Waals surface area (Å²) in [6.45, 7) is 4.23. The van der Waals surface area contributed by atoms with Gasteiger partial charge in [-0.05, 0) is 49.1 Å². The molecule has 0 aromatic heterocycles. The van der Waals surface area contributed by atoms with E-state index in [0.29, 0.717) is 0 Å². The number of hydrogen-bond acceptors (Lipinski definition) is 1. The van der Waals surface area contributed by atoms with Gasteiger partial charge in [0.05, 0.1) is 0 Å². The van der Waals surface area contributed by atoms with E-state index < -0.39 is 0 Å². The summed E-state index contributed by atoms with van der Waals surface area (Å²) in [6.07, 6.45) is 6.98. The highest BCUT2D eigenvalue weighted by Crippen LogP contribution is 2.11. The van der Waals surface area contributed by atoms with E-state index in [1.165, 1.54) is 24.0 Å². The molecule has 0 atom stereocenters. The maximum Gasteiger partial charge on any atom is 0.323 e. The molecule has 0 fully saturated rings. The van der Waals surface area contributed by atoms with Crippen LogP contribution in [0.5, 0.6) is 0 Å². The maximum absolute atomic E-state index is 11.8. The van der Waals surface area contributed by atoms with Crippen LogP contribution in [-0.2, 0) is 6.42 Å². The van der Waals surface area contributed by atoms with Gasteiger partial charge >= 0.3 is 6.03 Å². The van der Waals surface area contributed by atoms with Crippen LogP contribution in [-0.4, -0.2) is 6.03 Å². The number of rotatable bonds is 6. The lowest BCUT2D eigenvalue weighted by atomic mass is 10.1. The molecule has 23 heavy (non-hydrogen) atoms. The van der Waals surface area contributed by atoms with Crippen molar-refractivity contribution >= 4 is 17.8 Å². The van der Waals surface area contributed by atoms with E-state index >= 15 is 0 Å². The Bertz CT molecular complexity index is 642. The lowest BCUT2D eigenvalue weighted by Crippen LogP contribution is -2.23. The van der Waals surface area contributed by atoms with Crippen LogP contribution in [0, 0.1) is 6.92 Å². The van der Waals surface area contributed by atoms with Gasteiger partial charge < -0.3 is 10.6 Å². The van der Waals surface area contributed by atoms with E-state index in [0.717, 1.165) is 17.7 Å². The number of aryl methyl sites for hydroxylation is 2. The molecule has 120 valence electrons. The fourth-order valence-corrected chi connectivity index (χ4v) is 2.19. The smallest absolute Gasteiger partial charge is 0.314 e. The first-order valence-electron chi connectivity index (χ1n) is 8.07. The zero-order valence-electron chi connectivity index (χ0n) is 13.8. The van der Waals surface area contributed by atoms with Crippen LogP contribution in [0.2, 0.25) is 0 Å². The van der Waals surface area contributed by atoms with Crippen LogP contribution in [0.4, 0.5) is 10.5 Å². The largest absolute Gasteiger partial charge is 0.323 e. The van der Waals surface area contributed by atoms with Crippen LogP contribution in [0.15, 0.2) is 54.7 Å². The number of benzene rings is 2. The third-order valence-electron chi connectivity index (χ3n) is 3.60. The molecule has 0 aliphatic rings. The third kappa shape index (κ3) is 5.99. The number of carbonyl (C=O) groups excluding carboxylic acids is 1. The van der Waals surface area contributed by atoms with Crippen LogP contribution in [0.1, 0.15) is 36.5 Å². The van der Waals surface area contributed by atoms with Crippen molar-refractivity contribution < 1.29 is 4.79 Å². The minimum Gasteiger partial charge on any atom is -0.314 e. The average molecular weight is 308 g/mol. The quantitative estimate of drug-likeness (QED) is 0.763. The Balaban J connectivity index is 1.81. The van der Waals surface area contributed by atoms with Crippen molar-refractivity contribution in [3.05, 3.63) is 71.4 Å². The van der Waals surface area contributed by atoms with Gasteiger partial charge in [0.25, 0.3) is 0 Å². The van der Waals surface area contributed by atoms with Gasteiger partial charge in [0, 0.05) is 11.9 Å². The Labute approximate surface area is 138 Å². The predicted octanol–water partition coefficient (Wildman–Crippen LogP) is 5.13. The summed E-state index contributed by atoms with van der Waals surface area (Å²) in [4.78, 5) is 11.8. The molecule has 0 radical (unpaired) electrons. The van der Waals surface area contributed by atoms with Gasteiger partial charge in [-0.2, -0.15) is 0 Å². The van der Waals surface area contributed by atoms with Gasteiger partial charge in [0.1, 0.15) is 0 Å². The van der Waals surface area contributed by atoms with Crippen molar-refractivity contribution in [2.24, 2.45) is 0 Å². The van der Waals surface area contributed by atoms with Crippen molar-refractivity contribution in [1.29, 1.82) is 0 Å². The number of carbonyl (C=O) groups is 1. The molecule has 2 aromatic rings.